The van der Waals surface area contributed by atoms with E-state index in [2.05, 4.69) is 6.58 Å². The Balaban J connectivity index is 3.17. The molecule has 30 valence electrons. The largest absolute Gasteiger partial charge is 0.0991 e. The van der Waals surface area contributed by atoms with Crippen molar-refractivity contribution in [3.05, 3.63) is 37.5 Å². The molecule has 0 spiro atoms. The van der Waals surface area contributed by atoms with Crippen LogP contribution in [0.4, 0.5) is 0 Å². The van der Waals surface area contributed by atoms with Gasteiger partial charge in [0.1, 0.15) is 0 Å². The van der Waals surface area contributed by atoms with E-state index in [1.165, 1.54) is 6.08 Å². The third-order valence-electron chi connectivity index (χ3n) is 0.343. The lowest BCUT2D eigenvalue weighted by Crippen LogP contribution is -1.38. The summed E-state index contributed by atoms with van der Waals surface area (Å²) in [6.07, 6.45) is 6.15. The lowest BCUT2D eigenvalue weighted by Gasteiger charge is -1.60. The molecule has 0 aliphatic rings. The van der Waals surface area contributed by atoms with Gasteiger partial charge >= 0.3 is 0 Å². The first-order valence-electron chi connectivity index (χ1n) is 1.70. The summed E-state index contributed by atoms with van der Waals surface area (Å²) in [5.74, 6) is 0. The molecule has 0 aromatic heterocycles. The second-order valence-electron chi connectivity index (χ2n) is 0.787. The third-order valence-corrected chi connectivity index (χ3v) is 0.343. The summed E-state index contributed by atoms with van der Waals surface area (Å²) < 4.78 is 0. The average Bonchev–Trinajstić information content (AvgIpc) is 1.61. The van der Waals surface area contributed by atoms with Gasteiger partial charge in [0.25, 0.3) is 0 Å². The molecule has 0 aromatic rings. The molecule has 0 N–H and O–H groups in total. The second kappa shape index (κ2) is 4.22. The Kier molecular flexibility index (Phi) is 3.67. The zero-order valence-corrected chi connectivity index (χ0v) is 3.52. The van der Waals surface area contributed by atoms with E-state index in [1.807, 2.05) is 0 Å². The number of hydrogen-bond donors (Lipinski definition) is 0. The molecule has 0 unspecified atom stereocenters. The molecule has 0 atom stereocenters. The number of hydrogen-bond acceptors (Lipinski definition) is 0. The molecule has 0 heterocycles. The topological polar surface area (TPSA) is 0 Å². The zero-order chi connectivity index (χ0) is 4.83. The van der Waals surface area contributed by atoms with Gasteiger partial charge in [0.2, 0.25) is 0 Å². The summed E-state index contributed by atoms with van der Waals surface area (Å²) in [4.78, 5) is 0. The Morgan fingerprint density at radius 2 is 2.00 bits per heavy atom. The van der Waals surface area contributed by atoms with Gasteiger partial charge in [-0.2, -0.15) is 0 Å². The second-order valence-corrected chi connectivity index (χ2v) is 0.787. The number of rotatable bonds is 2. The first-order chi connectivity index (χ1) is 2.91. The summed E-state index contributed by atoms with van der Waals surface area (Å²) >= 11 is 0. The fraction of sp³-hybridized carbons (Fsp3) is 0. The Morgan fingerprint density at radius 1 is 1.33 bits per heavy atom. The van der Waals surface area contributed by atoms with E-state index in [4.69, 9.17) is 6.58 Å². The Labute approximate surface area is 38.5 Å². The summed E-state index contributed by atoms with van der Waals surface area (Å²) in [7, 11) is 0. The molecule has 0 heteroatoms. The minimum atomic E-state index is 1.21. The predicted octanol–water partition coefficient (Wildman–Crippen LogP) is 1.59. The van der Waals surface area contributed by atoms with Gasteiger partial charge in [0, 0.05) is 0 Å². The minimum Gasteiger partial charge on any atom is -0.0991 e. The quantitative estimate of drug-likeness (QED) is 0.440. The van der Waals surface area contributed by atoms with E-state index in [9.17, 15) is 0 Å². The fourth-order valence-corrected chi connectivity index (χ4v) is 0.134. The molecule has 0 saturated carbocycles. The highest BCUT2D eigenvalue weighted by Crippen LogP contribution is 1.69. The van der Waals surface area contributed by atoms with Gasteiger partial charge < -0.3 is 0 Å². The predicted molar refractivity (Wildman–Crippen MR) is 27.1 cm³/mol. The molecule has 0 saturated heterocycles. The van der Waals surface area contributed by atoms with Gasteiger partial charge in [-0.15, -0.1) is 0 Å². The van der Waals surface area contributed by atoms with Crippen molar-refractivity contribution in [3.8, 4) is 0 Å². The molecular weight excluding hydrogens is 72.1 g/mol. The SMILES string of the molecule is [C]=C/C=C/C=C. The van der Waals surface area contributed by atoms with Crippen molar-refractivity contribution < 1.29 is 0 Å². The standard InChI is InChI=1S/C6H6/c1-3-5-6-4-2/h3-6H,1H2/b6-5+. The average molecular weight is 78.1 g/mol. The van der Waals surface area contributed by atoms with Crippen molar-refractivity contribution in [2.75, 3.05) is 0 Å². The Morgan fingerprint density at radius 3 is 2.17 bits per heavy atom. The molecule has 0 amide bonds. The van der Waals surface area contributed by atoms with Crippen molar-refractivity contribution in [2.24, 2.45) is 0 Å². The highest BCUT2D eigenvalue weighted by molar-refractivity contribution is 5.04. The van der Waals surface area contributed by atoms with Crippen LogP contribution in [0.5, 0.6) is 0 Å². The first kappa shape index (κ1) is 5.22. The molecule has 6 heavy (non-hydrogen) atoms. The Hall–Kier alpha value is -0.780. The molecule has 0 bridgehead atoms. The molecule has 0 aromatic carbocycles. The van der Waals surface area contributed by atoms with E-state index in [-0.39, 0.29) is 0 Å². The van der Waals surface area contributed by atoms with Crippen LogP contribution in [-0.2, 0) is 0 Å². The van der Waals surface area contributed by atoms with Gasteiger partial charge in [0.15, 0.2) is 0 Å². The zero-order valence-electron chi connectivity index (χ0n) is 3.52. The summed E-state index contributed by atoms with van der Waals surface area (Å²) in [6, 6.07) is 0. The maximum Gasteiger partial charge on any atom is -0.00990 e. The van der Waals surface area contributed by atoms with Crippen LogP contribution in [0.2, 0.25) is 0 Å². The van der Waals surface area contributed by atoms with Crippen LogP contribution in [0.15, 0.2) is 30.9 Å². The highest BCUT2D eigenvalue weighted by Gasteiger charge is 1.48. The molecule has 2 radical (unpaired) electrons. The molecule has 0 nitrogen and oxygen atoms in total. The van der Waals surface area contributed by atoms with Crippen molar-refractivity contribution >= 4 is 0 Å². The maximum atomic E-state index is 6.45. The van der Waals surface area contributed by atoms with E-state index < -0.39 is 0 Å². The maximum absolute atomic E-state index is 6.45. The third kappa shape index (κ3) is 3.22. The van der Waals surface area contributed by atoms with Crippen LogP contribution < -0.4 is 0 Å². The van der Waals surface area contributed by atoms with E-state index >= 15 is 0 Å². The molecule has 0 fully saturated rings. The van der Waals surface area contributed by atoms with E-state index in [1.54, 1.807) is 18.2 Å². The van der Waals surface area contributed by atoms with Crippen LogP contribution in [0.1, 0.15) is 0 Å². The molecule has 0 rings (SSSR count). The number of allylic oxidation sites excluding steroid dienone is 4. The molecular formula is C6H6. The molecule has 0 aliphatic heterocycles. The van der Waals surface area contributed by atoms with Crippen molar-refractivity contribution in [1.82, 2.24) is 0 Å². The van der Waals surface area contributed by atoms with Crippen LogP contribution in [0.25, 0.3) is 0 Å². The van der Waals surface area contributed by atoms with E-state index in [0.29, 0.717) is 0 Å². The van der Waals surface area contributed by atoms with Crippen LogP contribution in [0, 0.1) is 6.58 Å². The molecule has 0 aliphatic carbocycles. The van der Waals surface area contributed by atoms with Crippen molar-refractivity contribution in [3.63, 3.8) is 0 Å². The van der Waals surface area contributed by atoms with Gasteiger partial charge in [0.05, 0.1) is 0 Å². The lowest BCUT2D eigenvalue weighted by atomic mass is 10.5. The normalized spacial score (nSPS) is 8.67. The van der Waals surface area contributed by atoms with Gasteiger partial charge in [-0.05, 0) is 6.58 Å². The fourth-order valence-electron chi connectivity index (χ4n) is 0.134. The smallest absolute Gasteiger partial charge is 0.00990 e. The van der Waals surface area contributed by atoms with Crippen LogP contribution in [-0.4, -0.2) is 0 Å². The van der Waals surface area contributed by atoms with E-state index in [0.717, 1.165) is 0 Å². The highest BCUT2D eigenvalue weighted by atomic mass is 13.5. The van der Waals surface area contributed by atoms with Crippen molar-refractivity contribution in [2.45, 2.75) is 0 Å². The minimum absolute atomic E-state index is 1.21. The van der Waals surface area contributed by atoms with Crippen molar-refractivity contribution in [1.29, 1.82) is 0 Å². The monoisotopic (exact) mass is 78.0 g/mol. The van der Waals surface area contributed by atoms with Crippen LogP contribution >= 0.6 is 0 Å². The summed E-state index contributed by atoms with van der Waals surface area (Å²) in [5.41, 5.74) is 0. The van der Waals surface area contributed by atoms with Crippen LogP contribution in [0.3, 0.4) is 0 Å². The lowest BCUT2D eigenvalue weighted by molar-refractivity contribution is 1.97. The van der Waals surface area contributed by atoms with Gasteiger partial charge in [-0.1, -0.05) is 30.9 Å². The summed E-state index contributed by atoms with van der Waals surface area (Å²) in [6.45, 7) is 9.85. The Bertz CT molecular complexity index is 58.1. The van der Waals surface area contributed by atoms with Gasteiger partial charge in [-0.3, -0.25) is 0 Å². The first-order valence-corrected chi connectivity index (χ1v) is 1.70. The van der Waals surface area contributed by atoms with Gasteiger partial charge in [-0.25, -0.2) is 0 Å². The summed E-state index contributed by atoms with van der Waals surface area (Å²) in [5, 5.41) is 0.